The Morgan fingerprint density at radius 2 is 2.00 bits per heavy atom. The van der Waals surface area contributed by atoms with Gasteiger partial charge in [0.2, 0.25) is 0 Å². The molecule has 0 spiro atoms. The van der Waals surface area contributed by atoms with Gasteiger partial charge in [-0.2, -0.15) is 0 Å². The number of hydrogen-bond donors (Lipinski definition) is 2. The third kappa shape index (κ3) is 4.05. The van der Waals surface area contributed by atoms with Crippen LogP contribution in [0.3, 0.4) is 0 Å². The number of ether oxygens (including phenoxy) is 2. The summed E-state index contributed by atoms with van der Waals surface area (Å²) in [4.78, 5) is 10.7. The molecule has 0 aliphatic heterocycles. The van der Waals surface area contributed by atoms with Crippen LogP contribution in [-0.4, -0.2) is 31.3 Å². The zero-order valence-corrected chi connectivity index (χ0v) is 9.97. The average molecular weight is 239 g/mol. The summed E-state index contributed by atoms with van der Waals surface area (Å²) in [7, 11) is 3.16. The third-order valence-electron chi connectivity index (χ3n) is 2.35. The Morgan fingerprint density at radius 1 is 1.35 bits per heavy atom. The van der Waals surface area contributed by atoms with Crippen molar-refractivity contribution in [2.24, 2.45) is 5.73 Å². The minimum atomic E-state index is -1.01. The number of nitrogens with two attached hydrogens (primary N) is 1. The molecule has 17 heavy (non-hydrogen) atoms. The number of methoxy groups -OCH3 is 2. The monoisotopic (exact) mass is 239 g/mol. The molecule has 3 N–H and O–H groups in total. The molecule has 0 fully saturated rings. The van der Waals surface area contributed by atoms with Crippen LogP contribution in [0, 0.1) is 0 Å². The van der Waals surface area contributed by atoms with Crippen molar-refractivity contribution in [2.45, 2.75) is 19.1 Å². The van der Waals surface area contributed by atoms with Crippen LogP contribution in [0.2, 0.25) is 0 Å². The van der Waals surface area contributed by atoms with E-state index in [9.17, 15) is 4.79 Å². The molecule has 0 radical (unpaired) electrons. The summed E-state index contributed by atoms with van der Waals surface area (Å²) in [6.07, 6.45) is 0.267. The molecule has 0 aliphatic rings. The lowest BCUT2D eigenvalue weighted by Crippen LogP contribution is -2.32. The first-order valence-electron chi connectivity index (χ1n) is 5.21. The zero-order valence-electron chi connectivity index (χ0n) is 9.97. The molecule has 1 atom stereocenters. The first kappa shape index (κ1) is 13.5. The second-order valence-corrected chi connectivity index (χ2v) is 3.77. The molecule has 1 aromatic rings. The number of aliphatic carboxylic acids is 1. The smallest absolute Gasteiger partial charge is 0.320 e. The Bertz CT molecular complexity index is 392. The summed E-state index contributed by atoms with van der Waals surface area (Å²) in [6.45, 7) is 0.451. The Hall–Kier alpha value is -1.59. The molecule has 1 aromatic carbocycles. The topological polar surface area (TPSA) is 81.8 Å². The highest BCUT2D eigenvalue weighted by Crippen LogP contribution is 2.18. The minimum Gasteiger partial charge on any atom is -0.497 e. The molecule has 94 valence electrons. The Balaban J connectivity index is 2.90. The van der Waals surface area contributed by atoms with Gasteiger partial charge in [0.1, 0.15) is 11.8 Å². The van der Waals surface area contributed by atoms with Crippen molar-refractivity contribution in [1.82, 2.24) is 0 Å². The van der Waals surface area contributed by atoms with Gasteiger partial charge in [0.05, 0.1) is 13.7 Å². The van der Waals surface area contributed by atoms with Crippen LogP contribution in [0.15, 0.2) is 18.2 Å². The highest BCUT2D eigenvalue weighted by Gasteiger charge is 2.13. The van der Waals surface area contributed by atoms with Gasteiger partial charge in [0, 0.05) is 7.11 Å². The van der Waals surface area contributed by atoms with E-state index < -0.39 is 12.0 Å². The molecule has 5 heteroatoms. The predicted octanol–water partition coefficient (Wildman–Crippen LogP) is 0.796. The van der Waals surface area contributed by atoms with Crippen molar-refractivity contribution >= 4 is 5.97 Å². The van der Waals surface area contributed by atoms with Crippen molar-refractivity contribution in [1.29, 1.82) is 0 Å². The Labute approximate surface area is 100 Å². The van der Waals surface area contributed by atoms with Gasteiger partial charge in [-0.25, -0.2) is 0 Å². The minimum absolute atomic E-state index is 0.267. The predicted molar refractivity (Wildman–Crippen MR) is 63.0 cm³/mol. The number of hydrogen-bond acceptors (Lipinski definition) is 4. The van der Waals surface area contributed by atoms with Crippen LogP contribution in [0.5, 0.6) is 5.75 Å². The quantitative estimate of drug-likeness (QED) is 0.767. The summed E-state index contributed by atoms with van der Waals surface area (Å²) in [5, 5.41) is 8.76. The number of carboxylic acids is 1. The molecule has 0 aromatic heterocycles. The van der Waals surface area contributed by atoms with Crippen molar-refractivity contribution < 1.29 is 19.4 Å². The molecule has 0 aliphatic carbocycles. The first-order chi connectivity index (χ1) is 8.06. The number of carboxylic acid groups (broad SMARTS) is 1. The molecule has 1 unspecified atom stereocenters. The fourth-order valence-corrected chi connectivity index (χ4v) is 1.56. The van der Waals surface area contributed by atoms with E-state index >= 15 is 0 Å². The average Bonchev–Trinajstić information content (AvgIpc) is 2.28. The molecule has 0 heterocycles. The SMILES string of the molecule is COCc1cc(CC(N)C(=O)O)cc(OC)c1. The van der Waals surface area contributed by atoms with Crippen LogP contribution in [0.4, 0.5) is 0 Å². The maximum atomic E-state index is 10.7. The zero-order chi connectivity index (χ0) is 12.8. The van der Waals surface area contributed by atoms with E-state index in [0.29, 0.717) is 12.4 Å². The summed E-state index contributed by atoms with van der Waals surface area (Å²) in [6, 6.07) is 4.59. The van der Waals surface area contributed by atoms with Crippen LogP contribution < -0.4 is 10.5 Å². The molecule has 0 amide bonds. The van der Waals surface area contributed by atoms with E-state index in [1.165, 1.54) is 0 Å². The second kappa shape index (κ2) is 6.22. The van der Waals surface area contributed by atoms with Crippen molar-refractivity contribution in [2.75, 3.05) is 14.2 Å². The maximum absolute atomic E-state index is 10.7. The molecule has 0 saturated heterocycles. The molecule has 5 nitrogen and oxygen atoms in total. The van der Waals surface area contributed by atoms with E-state index in [0.717, 1.165) is 11.1 Å². The van der Waals surface area contributed by atoms with Crippen molar-refractivity contribution in [3.05, 3.63) is 29.3 Å². The number of carbonyl (C=O) groups is 1. The molecular formula is C12H17NO4. The first-order valence-corrected chi connectivity index (χ1v) is 5.21. The molecule has 0 saturated carbocycles. The Morgan fingerprint density at radius 3 is 2.53 bits per heavy atom. The lowest BCUT2D eigenvalue weighted by atomic mass is 10.0. The van der Waals surface area contributed by atoms with Gasteiger partial charge < -0.3 is 20.3 Å². The summed E-state index contributed by atoms with van der Waals surface area (Å²) >= 11 is 0. The van der Waals surface area contributed by atoms with E-state index in [2.05, 4.69) is 0 Å². The van der Waals surface area contributed by atoms with Crippen molar-refractivity contribution in [3.63, 3.8) is 0 Å². The molecule has 0 bridgehead atoms. The molecular weight excluding hydrogens is 222 g/mol. The highest BCUT2D eigenvalue weighted by atomic mass is 16.5. The fraction of sp³-hybridized carbons (Fsp3) is 0.417. The largest absolute Gasteiger partial charge is 0.497 e. The summed E-state index contributed by atoms with van der Waals surface area (Å²) in [5.41, 5.74) is 7.25. The van der Waals surface area contributed by atoms with E-state index in [-0.39, 0.29) is 6.42 Å². The van der Waals surface area contributed by atoms with Crippen molar-refractivity contribution in [3.8, 4) is 5.75 Å². The number of benzene rings is 1. The van der Waals surface area contributed by atoms with E-state index in [1.54, 1.807) is 20.3 Å². The standard InChI is InChI=1S/C12H17NO4/c1-16-7-9-3-8(4-10(5-9)17-2)6-11(13)12(14)15/h3-5,11H,6-7,13H2,1-2H3,(H,14,15). The van der Waals surface area contributed by atoms with E-state index in [1.807, 2.05) is 12.1 Å². The highest BCUT2D eigenvalue weighted by molar-refractivity contribution is 5.73. The lowest BCUT2D eigenvalue weighted by molar-refractivity contribution is -0.138. The van der Waals surface area contributed by atoms with Crippen LogP contribution in [0.25, 0.3) is 0 Å². The van der Waals surface area contributed by atoms with Gasteiger partial charge in [0.15, 0.2) is 0 Å². The number of rotatable bonds is 6. The van der Waals surface area contributed by atoms with Gasteiger partial charge in [-0.3, -0.25) is 4.79 Å². The van der Waals surface area contributed by atoms with Crippen LogP contribution in [0.1, 0.15) is 11.1 Å². The van der Waals surface area contributed by atoms with Gasteiger partial charge >= 0.3 is 5.97 Å². The van der Waals surface area contributed by atoms with Gasteiger partial charge in [-0.1, -0.05) is 6.07 Å². The summed E-state index contributed by atoms with van der Waals surface area (Å²) in [5.74, 6) is -0.340. The van der Waals surface area contributed by atoms with Gasteiger partial charge in [-0.05, 0) is 29.7 Å². The third-order valence-corrected chi connectivity index (χ3v) is 2.35. The normalized spacial score (nSPS) is 12.2. The molecule has 1 rings (SSSR count). The second-order valence-electron chi connectivity index (χ2n) is 3.77. The van der Waals surface area contributed by atoms with Crippen LogP contribution in [-0.2, 0) is 22.6 Å². The maximum Gasteiger partial charge on any atom is 0.320 e. The lowest BCUT2D eigenvalue weighted by Gasteiger charge is -2.10. The Kier molecular flexibility index (Phi) is 4.93. The van der Waals surface area contributed by atoms with E-state index in [4.69, 9.17) is 20.3 Å². The van der Waals surface area contributed by atoms with Gasteiger partial charge in [-0.15, -0.1) is 0 Å². The summed E-state index contributed by atoms with van der Waals surface area (Å²) < 4.78 is 10.2. The van der Waals surface area contributed by atoms with Crippen LogP contribution >= 0.6 is 0 Å². The van der Waals surface area contributed by atoms with Gasteiger partial charge in [0.25, 0.3) is 0 Å². The fourth-order valence-electron chi connectivity index (χ4n) is 1.56.